The first-order valence-electron chi connectivity index (χ1n) is 3.43. The summed E-state index contributed by atoms with van der Waals surface area (Å²) in [5, 5.41) is 10.1. The molecule has 0 saturated heterocycles. The molecule has 0 aliphatic rings. The Bertz CT molecular complexity index is 306. The number of hydrogen-bond acceptors (Lipinski definition) is 3. The Morgan fingerprint density at radius 3 is 2.92 bits per heavy atom. The fourth-order valence-corrected chi connectivity index (χ4v) is 0.820. The predicted molar refractivity (Wildman–Crippen MR) is 44.9 cm³/mol. The van der Waals surface area contributed by atoms with Crippen LogP contribution in [0.2, 0.25) is 0 Å². The van der Waals surface area contributed by atoms with Gasteiger partial charge in [0.15, 0.2) is 0 Å². The van der Waals surface area contributed by atoms with Crippen molar-refractivity contribution in [3.8, 4) is 0 Å². The van der Waals surface area contributed by atoms with Crippen LogP contribution in [0.25, 0.3) is 5.57 Å². The average molecular weight is 164 g/mol. The fraction of sp³-hybridized carbons (Fsp3) is 0.125. The second-order valence-corrected chi connectivity index (χ2v) is 2.31. The fourth-order valence-electron chi connectivity index (χ4n) is 0.820. The number of allylic oxidation sites excluding steroid dienone is 1. The van der Waals surface area contributed by atoms with E-state index in [4.69, 9.17) is 0 Å². The van der Waals surface area contributed by atoms with Crippen LogP contribution in [0, 0.1) is 10.1 Å². The van der Waals surface area contributed by atoms with Gasteiger partial charge in [0.2, 0.25) is 6.20 Å². The lowest BCUT2D eigenvalue weighted by Gasteiger charge is -1.94. The lowest BCUT2D eigenvalue weighted by Crippen LogP contribution is -1.89. The molecule has 0 aliphatic heterocycles. The molecule has 1 aromatic rings. The summed E-state index contributed by atoms with van der Waals surface area (Å²) in [5.41, 5.74) is 1.19. The summed E-state index contributed by atoms with van der Waals surface area (Å²) in [6, 6.07) is 5.29. The van der Waals surface area contributed by atoms with Gasteiger partial charge in [0, 0.05) is 11.8 Å². The minimum atomic E-state index is -0.482. The second kappa shape index (κ2) is 3.61. The molecular formula is C8H8N2O2. The molecule has 1 rings (SSSR count). The zero-order valence-corrected chi connectivity index (χ0v) is 6.60. The third kappa shape index (κ3) is 2.16. The van der Waals surface area contributed by atoms with Gasteiger partial charge >= 0.3 is 0 Å². The van der Waals surface area contributed by atoms with E-state index in [1.165, 1.54) is 0 Å². The minimum Gasteiger partial charge on any atom is -0.259 e. The van der Waals surface area contributed by atoms with Crippen LogP contribution in [0.3, 0.4) is 0 Å². The molecular weight excluding hydrogens is 156 g/mol. The minimum absolute atomic E-state index is 0.482. The Labute approximate surface area is 69.7 Å². The molecule has 0 saturated carbocycles. The summed E-state index contributed by atoms with van der Waals surface area (Å²) in [5.74, 6) is 0. The molecule has 12 heavy (non-hydrogen) atoms. The summed E-state index contributed by atoms with van der Waals surface area (Å²) < 4.78 is 0. The van der Waals surface area contributed by atoms with Crippen LogP contribution in [0.1, 0.15) is 12.6 Å². The highest BCUT2D eigenvalue weighted by atomic mass is 16.6. The molecule has 0 N–H and O–H groups in total. The maximum Gasteiger partial charge on any atom is 0.239 e. The highest BCUT2D eigenvalue weighted by Gasteiger charge is 1.99. The molecule has 62 valence electrons. The predicted octanol–water partition coefficient (Wildman–Crippen LogP) is 1.72. The van der Waals surface area contributed by atoms with Gasteiger partial charge in [-0.1, -0.05) is 6.07 Å². The van der Waals surface area contributed by atoms with Crippen LogP contribution in [0.15, 0.2) is 30.6 Å². The first-order chi connectivity index (χ1) is 5.70. The van der Waals surface area contributed by atoms with Gasteiger partial charge in [-0.15, -0.1) is 0 Å². The molecule has 0 atom stereocenters. The monoisotopic (exact) mass is 164 g/mol. The third-order valence-corrected chi connectivity index (χ3v) is 1.37. The van der Waals surface area contributed by atoms with Gasteiger partial charge in [-0.3, -0.25) is 15.1 Å². The molecule has 1 aromatic heterocycles. The Balaban J connectivity index is 2.93. The number of nitro groups is 1. The van der Waals surface area contributed by atoms with Crippen molar-refractivity contribution in [2.24, 2.45) is 0 Å². The van der Waals surface area contributed by atoms with Gasteiger partial charge in [-0.05, 0) is 19.1 Å². The molecule has 0 bridgehead atoms. The van der Waals surface area contributed by atoms with Crippen LogP contribution >= 0.6 is 0 Å². The Kier molecular flexibility index (Phi) is 2.53. The number of hydrogen-bond donors (Lipinski definition) is 0. The van der Waals surface area contributed by atoms with E-state index in [1.54, 1.807) is 31.3 Å². The summed E-state index contributed by atoms with van der Waals surface area (Å²) in [6.07, 6.45) is 2.55. The maximum atomic E-state index is 10.1. The molecule has 0 radical (unpaired) electrons. The van der Waals surface area contributed by atoms with Crippen LogP contribution in [0.4, 0.5) is 0 Å². The Morgan fingerprint density at radius 2 is 2.42 bits per heavy atom. The molecule has 0 aliphatic carbocycles. The second-order valence-electron chi connectivity index (χ2n) is 2.31. The van der Waals surface area contributed by atoms with E-state index in [2.05, 4.69) is 4.98 Å². The summed E-state index contributed by atoms with van der Waals surface area (Å²) >= 11 is 0. The van der Waals surface area contributed by atoms with Crippen molar-refractivity contribution >= 4 is 5.57 Å². The molecule has 4 heteroatoms. The van der Waals surface area contributed by atoms with Gasteiger partial charge in [0.25, 0.3) is 0 Å². The third-order valence-electron chi connectivity index (χ3n) is 1.37. The van der Waals surface area contributed by atoms with Gasteiger partial charge in [-0.2, -0.15) is 0 Å². The number of aromatic nitrogens is 1. The first kappa shape index (κ1) is 8.39. The molecule has 0 spiro atoms. The van der Waals surface area contributed by atoms with Gasteiger partial charge in [0.05, 0.1) is 10.6 Å². The molecule has 0 fully saturated rings. The molecule has 0 aromatic carbocycles. The zero-order chi connectivity index (χ0) is 8.97. The van der Waals surface area contributed by atoms with Crippen molar-refractivity contribution < 1.29 is 4.92 Å². The molecule has 0 unspecified atom stereocenters. The van der Waals surface area contributed by atoms with Crippen molar-refractivity contribution in [2.45, 2.75) is 6.92 Å². The largest absolute Gasteiger partial charge is 0.259 e. The van der Waals surface area contributed by atoms with Crippen molar-refractivity contribution in [1.29, 1.82) is 0 Å². The van der Waals surface area contributed by atoms with E-state index in [9.17, 15) is 10.1 Å². The van der Waals surface area contributed by atoms with Crippen LogP contribution in [-0.4, -0.2) is 9.91 Å². The van der Waals surface area contributed by atoms with E-state index in [-0.39, 0.29) is 0 Å². The summed E-state index contributed by atoms with van der Waals surface area (Å²) in [6.45, 7) is 1.66. The topological polar surface area (TPSA) is 56.0 Å². The van der Waals surface area contributed by atoms with E-state index in [0.717, 1.165) is 6.20 Å². The molecule has 1 heterocycles. The van der Waals surface area contributed by atoms with Crippen LogP contribution in [-0.2, 0) is 0 Å². The number of rotatable bonds is 2. The van der Waals surface area contributed by atoms with Crippen LogP contribution < -0.4 is 0 Å². The standard InChI is InChI=1S/C8H8N2O2/c1-7(6-10(11)12)8-4-2-3-5-9-8/h2-6H,1H3/b7-6+. The van der Waals surface area contributed by atoms with E-state index < -0.39 is 4.92 Å². The maximum absolute atomic E-state index is 10.1. The summed E-state index contributed by atoms with van der Waals surface area (Å²) in [7, 11) is 0. The molecule has 4 nitrogen and oxygen atoms in total. The van der Waals surface area contributed by atoms with Crippen molar-refractivity contribution in [2.75, 3.05) is 0 Å². The van der Waals surface area contributed by atoms with Crippen molar-refractivity contribution in [1.82, 2.24) is 4.98 Å². The van der Waals surface area contributed by atoms with Crippen LogP contribution in [0.5, 0.6) is 0 Å². The van der Waals surface area contributed by atoms with Crippen molar-refractivity contribution in [3.63, 3.8) is 0 Å². The zero-order valence-electron chi connectivity index (χ0n) is 6.60. The van der Waals surface area contributed by atoms with Crippen molar-refractivity contribution in [3.05, 3.63) is 46.4 Å². The smallest absolute Gasteiger partial charge is 0.239 e. The lowest BCUT2D eigenvalue weighted by molar-refractivity contribution is -0.401. The number of pyridine rings is 1. The highest BCUT2D eigenvalue weighted by molar-refractivity contribution is 5.58. The summed E-state index contributed by atoms with van der Waals surface area (Å²) in [4.78, 5) is 13.6. The molecule has 0 amide bonds. The van der Waals surface area contributed by atoms with E-state index in [0.29, 0.717) is 11.3 Å². The lowest BCUT2D eigenvalue weighted by atomic mass is 10.2. The Hall–Kier alpha value is -1.71. The van der Waals surface area contributed by atoms with E-state index >= 15 is 0 Å². The van der Waals surface area contributed by atoms with Gasteiger partial charge in [0.1, 0.15) is 0 Å². The first-order valence-corrected chi connectivity index (χ1v) is 3.43. The quantitative estimate of drug-likeness (QED) is 0.494. The number of nitrogens with zero attached hydrogens (tertiary/aromatic N) is 2. The van der Waals surface area contributed by atoms with Gasteiger partial charge < -0.3 is 0 Å². The van der Waals surface area contributed by atoms with E-state index in [1.807, 2.05) is 0 Å². The average Bonchev–Trinajstić information content (AvgIpc) is 2.05. The highest BCUT2D eigenvalue weighted by Crippen LogP contribution is 2.08. The van der Waals surface area contributed by atoms with Gasteiger partial charge in [-0.25, -0.2) is 0 Å². The normalized spacial score (nSPS) is 11.2. The SMILES string of the molecule is C/C(=C\[N+](=O)[O-])c1ccccn1. The Morgan fingerprint density at radius 1 is 1.67 bits per heavy atom.